The van der Waals surface area contributed by atoms with Crippen LogP contribution in [-0.2, 0) is 4.79 Å². The van der Waals surface area contributed by atoms with Gasteiger partial charge in [0.25, 0.3) is 0 Å². The predicted octanol–water partition coefficient (Wildman–Crippen LogP) is 4.89. The van der Waals surface area contributed by atoms with E-state index in [-0.39, 0.29) is 18.4 Å². The van der Waals surface area contributed by atoms with Gasteiger partial charge in [0, 0.05) is 9.58 Å². The number of benzene rings is 1. The zero-order valence-electron chi connectivity index (χ0n) is 20.1. The number of thiophene rings is 1. The Hall–Kier alpha value is -1.51. The molecule has 1 aliphatic carbocycles. The number of carboxylic acid groups (broad SMARTS) is 1. The Kier molecular flexibility index (Phi) is 9.92. The van der Waals surface area contributed by atoms with Crippen molar-refractivity contribution in [1.29, 1.82) is 0 Å². The Morgan fingerprint density at radius 2 is 1.79 bits per heavy atom. The van der Waals surface area contributed by atoms with Gasteiger partial charge in [0.1, 0.15) is 0 Å². The zero-order chi connectivity index (χ0) is 24.7. The standard InChI is InChI=1S/C27H40O6S/c1-2-13-27(17-28,26(32)33)14-7-3-4-9-19-20(23(31)16-22(19)30)11-12-21(29)25-15-18-8-5-6-10-24(18)34-25/h5-6,8,10,15,19-23,28-31H,2-4,7,9,11-14,16-17H2,1H3,(H,32,33)/t19-,20-,21?,22+,23-,27?/m1/s1. The number of carbonyl (C=O) groups is 1. The third kappa shape index (κ3) is 6.38. The minimum Gasteiger partial charge on any atom is -0.481 e. The molecule has 3 rings (SSSR count). The fourth-order valence-corrected chi connectivity index (χ4v) is 6.79. The van der Waals surface area contributed by atoms with E-state index in [0.29, 0.717) is 44.9 Å². The lowest BCUT2D eigenvalue weighted by Crippen LogP contribution is -2.34. The van der Waals surface area contributed by atoms with Crippen LogP contribution in [0, 0.1) is 17.3 Å². The Labute approximate surface area is 206 Å². The van der Waals surface area contributed by atoms with Crippen LogP contribution in [0.5, 0.6) is 0 Å². The number of carboxylic acids is 1. The summed E-state index contributed by atoms with van der Waals surface area (Å²) in [7, 11) is 0. The van der Waals surface area contributed by atoms with Crippen LogP contribution in [-0.4, -0.2) is 50.3 Å². The molecular weight excluding hydrogens is 452 g/mol. The van der Waals surface area contributed by atoms with Gasteiger partial charge in [-0.25, -0.2) is 0 Å². The second kappa shape index (κ2) is 12.5. The van der Waals surface area contributed by atoms with Crippen molar-refractivity contribution in [3.8, 4) is 0 Å². The van der Waals surface area contributed by atoms with E-state index in [9.17, 15) is 30.3 Å². The van der Waals surface area contributed by atoms with Crippen molar-refractivity contribution >= 4 is 27.4 Å². The molecule has 190 valence electrons. The van der Waals surface area contributed by atoms with Gasteiger partial charge in [0.15, 0.2) is 0 Å². The molecule has 0 amide bonds. The van der Waals surface area contributed by atoms with Gasteiger partial charge in [0.2, 0.25) is 0 Å². The van der Waals surface area contributed by atoms with Gasteiger partial charge in [-0.15, -0.1) is 11.3 Å². The zero-order valence-corrected chi connectivity index (χ0v) is 20.9. The highest BCUT2D eigenvalue weighted by molar-refractivity contribution is 7.19. The molecule has 1 aliphatic rings. The summed E-state index contributed by atoms with van der Waals surface area (Å²) in [5, 5.41) is 52.2. The van der Waals surface area contributed by atoms with Crippen LogP contribution in [0.4, 0.5) is 0 Å². The summed E-state index contributed by atoms with van der Waals surface area (Å²) in [6, 6.07) is 10.1. The maximum absolute atomic E-state index is 11.7. The summed E-state index contributed by atoms with van der Waals surface area (Å²) in [4.78, 5) is 12.6. The van der Waals surface area contributed by atoms with Gasteiger partial charge in [-0.3, -0.25) is 4.79 Å². The van der Waals surface area contributed by atoms with Crippen molar-refractivity contribution in [2.75, 3.05) is 6.61 Å². The summed E-state index contributed by atoms with van der Waals surface area (Å²) in [6.07, 6.45) is 4.69. The topological polar surface area (TPSA) is 118 Å². The molecule has 1 saturated carbocycles. The van der Waals surface area contributed by atoms with Gasteiger partial charge in [-0.2, -0.15) is 0 Å². The van der Waals surface area contributed by atoms with Crippen molar-refractivity contribution in [3.63, 3.8) is 0 Å². The van der Waals surface area contributed by atoms with Gasteiger partial charge in [-0.05, 0) is 67.9 Å². The summed E-state index contributed by atoms with van der Waals surface area (Å²) in [6.45, 7) is 1.59. The Morgan fingerprint density at radius 3 is 2.44 bits per heavy atom. The van der Waals surface area contributed by atoms with Crippen LogP contribution in [0.1, 0.15) is 82.1 Å². The minimum atomic E-state index is -1.05. The highest BCUT2D eigenvalue weighted by Crippen LogP contribution is 2.41. The molecule has 2 unspecified atom stereocenters. The summed E-state index contributed by atoms with van der Waals surface area (Å²) >= 11 is 1.60. The van der Waals surface area contributed by atoms with Gasteiger partial charge in [0.05, 0.1) is 30.3 Å². The quantitative estimate of drug-likeness (QED) is 0.240. The number of aliphatic hydroxyl groups is 4. The monoisotopic (exact) mass is 492 g/mol. The molecule has 0 aliphatic heterocycles. The molecule has 1 aromatic carbocycles. The molecule has 6 nitrogen and oxygen atoms in total. The molecule has 1 fully saturated rings. The number of aliphatic carboxylic acids is 1. The first kappa shape index (κ1) is 27.1. The van der Waals surface area contributed by atoms with Crippen molar-refractivity contribution in [3.05, 3.63) is 35.2 Å². The number of fused-ring (bicyclic) bond motifs is 1. The summed E-state index contributed by atoms with van der Waals surface area (Å²) < 4.78 is 1.15. The van der Waals surface area contributed by atoms with Crippen LogP contribution in [0.25, 0.3) is 10.1 Å². The molecular formula is C27H40O6S. The maximum Gasteiger partial charge on any atom is 0.311 e. The first-order valence-electron chi connectivity index (χ1n) is 12.7. The third-order valence-electron chi connectivity index (χ3n) is 7.75. The van der Waals surface area contributed by atoms with E-state index in [1.54, 1.807) is 11.3 Å². The number of hydrogen-bond acceptors (Lipinski definition) is 6. The largest absolute Gasteiger partial charge is 0.481 e. The van der Waals surface area contributed by atoms with E-state index < -0.39 is 29.7 Å². The predicted molar refractivity (Wildman–Crippen MR) is 135 cm³/mol. The molecule has 5 N–H and O–H groups in total. The second-order valence-electron chi connectivity index (χ2n) is 10.1. The van der Waals surface area contributed by atoms with Crippen LogP contribution in [0.15, 0.2) is 30.3 Å². The smallest absolute Gasteiger partial charge is 0.311 e. The van der Waals surface area contributed by atoms with E-state index in [2.05, 4.69) is 0 Å². The molecule has 7 heteroatoms. The molecule has 0 saturated heterocycles. The average molecular weight is 493 g/mol. The lowest BCUT2D eigenvalue weighted by Gasteiger charge is -2.27. The first-order chi connectivity index (χ1) is 16.3. The van der Waals surface area contributed by atoms with E-state index in [1.165, 1.54) is 0 Å². The lowest BCUT2D eigenvalue weighted by molar-refractivity contribution is -0.152. The lowest BCUT2D eigenvalue weighted by atomic mass is 9.79. The molecule has 34 heavy (non-hydrogen) atoms. The molecule has 1 heterocycles. The van der Waals surface area contributed by atoms with Crippen LogP contribution in [0.2, 0.25) is 0 Å². The van der Waals surface area contributed by atoms with E-state index in [1.807, 2.05) is 37.3 Å². The molecule has 2 aromatic rings. The molecule has 6 atom stereocenters. The average Bonchev–Trinajstić information content (AvgIpc) is 3.36. The fraction of sp³-hybridized carbons (Fsp3) is 0.667. The highest BCUT2D eigenvalue weighted by atomic mass is 32.1. The molecule has 0 bridgehead atoms. The van der Waals surface area contributed by atoms with Gasteiger partial charge in [-0.1, -0.05) is 50.8 Å². The van der Waals surface area contributed by atoms with Crippen molar-refractivity contribution < 1.29 is 30.3 Å². The van der Waals surface area contributed by atoms with Crippen LogP contribution in [0.3, 0.4) is 0 Å². The first-order valence-corrected chi connectivity index (χ1v) is 13.5. The molecule has 0 radical (unpaired) electrons. The molecule has 1 aromatic heterocycles. The summed E-state index contributed by atoms with van der Waals surface area (Å²) in [5.41, 5.74) is -1.05. The van der Waals surface area contributed by atoms with Gasteiger partial charge < -0.3 is 25.5 Å². The Morgan fingerprint density at radius 1 is 1.09 bits per heavy atom. The molecule has 0 spiro atoms. The van der Waals surface area contributed by atoms with Gasteiger partial charge >= 0.3 is 5.97 Å². The van der Waals surface area contributed by atoms with Crippen molar-refractivity contribution in [2.45, 2.75) is 89.4 Å². The number of aliphatic hydroxyl groups excluding tert-OH is 4. The van der Waals surface area contributed by atoms with Crippen LogP contribution >= 0.6 is 11.3 Å². The Balaban J connectivity index is 1.49. The normalized spacial score (nSPS) is 25.4. The fourth-order valence-electron chi connectivity index (χ4n) is 5.70. The minimum absolute atomic E-state index is 0.0117. The SMILES string of the molecule is CCCC(CO)(CCCCC[C@@H]1[C@@H](CCC(O)c2cc3ccccc3s2)[C@H](O)C[C@@H]1O)C(=O)O. The third-order valence-corrected chi connectivity index (χ3v) is 8.96. The Bertz CT molecular complexity index is 880. The number of hydrogen-bond donors (Lipinski definition) is 5. The van der Waals surface area contributed by atoms with Crippen molar-refractivity contribution in [2.24, 2.45) is 17.3 Å². The second-order valence-corrected chi connectivity index (χ2v) is 11.2. The van der Waals surface area contributed by atoms with Crippen molar-refractivity contribution in [1.82, 2.24) is 0 Å². The summed E-state index contributed by atoms with van der Waals surface area (Å²) in [5.74, 6) is -0.986. The maximum atomic E-state index is 11.7. The number of unbranched alkanes of at least 4 members (excludes halogenated alkanes) is 2. The van der Waals surface area contributed by atoms with E-state index in [0.717, 1.165) is 34.2 Å². The van der Waals surface area contributed by atoms with E-state index in [4.69, 9.17) is 0 Å². The van der Waals surface area contributed by atoms with Crippen LogP contribution < -0.4 is 0 Å². The number of rotatable bonds is 14. The van der Waals surface area contributed by atoms with E-state index >= 15 is 0 Å². The highest BCUT2D eigenvalue weighted by Gasteiger charge is 2.41.